The first-order chi connectivity index (χ1) is 10.3. The van der Waals surface area contributed by atoms with Gasteiger partial charge in [0.1, 0.15) is 0 Å². The van der Waals surface area contributed by atoms with Crippen molar-refractivity contribution in [1.29, 1.82) is 0 Å². The van der Waals surface area contributed by atoms with E-state index in [4.69, 9.17) is 0 Å². The van der Waals surface area contributed by atoms with Gasteiger partial charge < -0.3 is 9.80 Å². The van der Waals surface area contributed by atoms with Gasteiger partial charge >= 0.3 is 0 Å². The number of carbonyl (C=O) groups excluding carboxylic acids is 1. The van der Waals surface area contributed by atoms with Crippen molar-refractivity contribution >= 4 is 11.7 Å². The summed E-state index contributed by atoms with van der Waals surface area (Å²) in [5, 5.41) is 7.62. The zero-order valence-corrected chi connectivity index (χ0v) is 12.6. The topological polar surface area (TPSA) is 52.2 Å². The van der Waals surface area contributed by atoms with E-state index in [1.807, 2.05) is 0 Å². The fourth-order valence-electron chi connectivity index (χ4n) is 3.68. The van der Waals surface area contributed by atoms with E-state index in [2.05, 4.69) is 26.1 Å². The summed E-state index contributed by atoms with van der Waals surface area (Å²) < 4.78 is 0. The fraction of sp³-hybridized carbons (Fsp3) is 0.750. The lowest BCUT2D eigenvalue weighted by molar-refractivity contribution is -0.135. The first-order valence-corrected chi connectivity index (χ1v) is 8.40. The molecule has 4 rings (SSSR count). The van der Waals surface area contributed by atoms with Crippen LogP contribution >= 0.6 is 0 Å². The monoisotopic (exact) mass is 288 g/mol. The summed E-state index contributed by atoms with van der Waals surface area (Å²) in [6, 6.07) is 2.20. The van der Waals surface area contributed by atoms with Gasteiger partial charge in [0.15, 0.2) is 5.82 Å². The van der Waals surface area contributed by atoms with E-state index < -0.39 is 0 Å². The highest BCUT2D eigenvalue weighted by atomic mass is 16.2. The number of rotatable bonds is 3. The highest BCUT2D eigenvalue weighted by molar-refractivity contribution is 5.79. The maximum Gasteiger partial charge on any atom is 0.225 e. The van der Waals surface area contributed by atoms with Crippen molar-refractivity contribution in [3.63, 3.8) is 0 Å². The minimum atomic E-state index is 0.309. The Bertz CT molecular complexity index is 508. The van der Waals surface area contributed by atoms with E-state index in [9.17, 15) is 4.79 Å². The quantitative estimate of drug-likeness (QED) is 0.927. The number of aromatic amines is 1. The normalized spacial score (nSPS) is 23.8. The molecule has 3 aliphatic rings. The molecule has 5 heteroatoms. The van der Waals surface area contributed by atoms with Crippen LogP contribution in [0.15, 0.2) is 6.07 Å². The Kier molecular flexibility index (Phi) is 3.36. The van der Waals surface area contributed by atoms with Gasteiger partial charge in [-0.1, -0.05) is 12.8 Å². The van der Waals surface area contributed by atoms with E-state index in [1.54, 1.807) is 0 Å². The molecule has 1 aromatic rings. The molecule has 5 nitrogen and oxygen atoms in total. The summed E-state index contributed by atoms with van der Waals surface area (Å²) in [5.74, 6) is 2.48. The molecule has 3 fully saturated rings. The molecular formula is C16H24N4O. The highest BCUT2D eigenvalue weighted by Crippen LogP contribution is 2.39. The summed E-state index contributed by atoms with van der Waals surface area (Å²) in [6.45, 7) is 3.52. The molecule has 2 saturated carbocycles. The van der Waals surface area contributed by atoms with Crippen molar-refractivity contribution in [1.82, 2.24) is 15.1 Å². The van der Waals surface area contributed by atoms with Crippen molar-refractivity contribution in [2.24, 2.45) is 5.92 Å². The van der Waals surface area contributed by atoms with Crippen LogP contribution in [0.25, 0.3) is 0 Å². The van der Waals surface area contributed by atoms with E-state index in [0.717, 1.165) is 50.8 Å². The van der Waals surface area contributed by atoms with Crippen LogP contribution in [0.1, 0.15) is 50.1 Å². The van der Waals surface area contributed by atoms with E-state index in [0.29, 0.717) is 11.8 Å². The van der Waals surface area contributed by atoms with E-state index in [1.165, 1.54) is 31.4 Å². The van der Waals surface area contributed by atoms with Crippen LogP contribution in [0.5, 0.6) is 0 Å². The van der Waals surface area contributed by atoms with Gasteiger partial charge in [0.05, 0.1) is 0 Å². The third-order valence-electron chi connectivity index (χ3n) is 5.22. The Morgan fingerprint density at radius 3 is 2.48 bits per heavy atom. The number of hydrogen-bond donors (Lipinski definition) is 1. The van der Waals surface area contributed by atoms with Crippen LogP contribution in [0.4, 0.5) is 5.82 Å². The number of piperazine rings is 1. The molecule has 1 amide bonds. The maximum atomic E-state index is 12.4. The maximum absolute atomic E-state index is 12.4. The number of amides is 1. The van der Waals surface area contributed by atoms with Gasteiger partial charge in [-0.3, -0.25) is 9.89 Å². The molecule has 21 heavy (non-hydrogen) atoms. The van der Waals surface area contributed by atoms with Gasteiger partial charge in [0, 0.05) is 49.8 Å². The van der Waals surface area contributed by atoms with Crippen LogP contribution in [-0.4, -0.2) is 47.2 Å². The molecular weight excluding hydrogens is 264 g/mol. The Balaban J connectivity index is 1.34. The van der Waals surface area contributed by atoms with Crippen molar-refractivity contribution < 1.29 is 4.79 Å². The van der Waals surface area contributed by atoms with E-state index >= 15 is 0 Å². The van der Waals surface area contributed by atoms with Crippen LogP contribution < -0.4 is 4.90 Å². The van der Waals surface area contributed by atoms with Crippen molar-refractivity contribution in [3.8, 4) is 0 Å². The van der Waals surface area contributed by atoms with Crippen LogP contribution in [0.3, 0.4) is 0 Å². The molecule has 1 aliphatic heterocycles. The Hall–Kier alpha value is -1.52. The summed E-state index contributed by atoms with van der Waals surface area (Å²) in [4.78, 5) is 16.8. The fourth-order valence-corrected chi connectivity index (χ4v) is 3.68. The number of hydrogen-bond acceptors (Lipinski definition) is 3. The largest absolute Gasteiger partial charge is 0.352 e. The lowest BCUT2D eigenvalue weighted by atomic mass is 10.1. The van der Waals surface area contributed by atoms with Crippen molar-refractivity contribution in [2.45, 2.75) is 44.4 Å². The average Bonchev–Trinajstić information content (AvgIpc) is 3.05. The molecule has 2 aliphatic carbocycles. The second-order valence-corrected chi connectivity index (χ2v) is 6.75. The molecule has 0 radical (unpaired) electrons. The van der Waals surface area contributed by atoms with Gasteiger partial charge in [-0.05, 0) is 25.7 Å². The van der Waals surface area contributed by atoms with Crippen molar-refractivity contribution in [3.05, 3.63) is 11.8 Å². The molecule has 0 atom stereocenters. The number of anilines is 1. The molecule has 1 aromatic heterocycles. The third kappa shape index (κ3) is 2.65. The number of nitrogens with one attached hydrogen (secondary N) is 1. The summed E-state index contributed by atoms with van der Waals surface area (Å²) in [7, 11) is 0. The lowest BCUT2D eigenvalue weighted by Crippen LogP contribution is -2.50. The predicted molar refractivity (Wildman–Crippen MR) is 81.3 cm³/mol. The van der Waals surface area contributed by atoms with Crippen LogP contribution in [-0.2, 0) is 4.79 Å². The Labute approximate surface area is 125 Å². The van der Waals surface area contributed by atoms with Gasteiger partial charge in [-0.2, -0.15) is 5.10 Å². The summed E-state index contributed by atoms with van der Waals surface area (Å²) in [5.41, 5.74) is 1.29. The molecule has 1 saturated heterocycles. The second-order valence-electron chi connectivity index (χ2n) is 6.75. The van der Waals surface area contributed by atoms with Crippen LogP contribution in [0, 0.1) is 5.92 Å². The lowest BCUT2D eigenvalue weighted by Gasteiger charge is -2.36. The zero-order chi connectivity index (χ0) is 14.2. The average molecular weight is 288 g/mol. The molecule has 2 heterocycles. The highest BCUT2D eigenvalue weighted by Gasteiger charge is 2.30. The molecule has 114 valence electrons. The van der Waals surface area contributed by atoms with E-state index in [-0.39, 0.29) is 0 Å². The van der Waals surface area contributed by atoms with Gasteiger partial charge in [-0.15, -0.1) is 0 Å². The third-order valence-corrected chi connectivity index (χ3v) is 5.22. The number of H-pyrrole nitrogens is 1. The zero-order valence-electron chi connectivity index (χ0n) is 12.6. The molecule has 0 aromatic carbocycles. The Morgan fingerprint density at radius 2 is 1.81 bits per heavy atom. The van der Waals surface area contributed by atoms with Crippen LogP contribution in [0.2, 0.25) is 0 Å². The molecule has 0 spiro atoms. The molecule has 1 N–H and O–H groups in total. The minimum Gasteiger partial charge on any atom is -0.352 e. The summed E-state index contributed by atoms with van der Waals surface area (Å²) >= 11 is 0. The van der Waals surface area contributed by atoms with Crippen molar-refractivity contribution in [2.75, 3.05) is 31.1 Å². The summed E-state index contributed by atoms with van der Waals surface area (Å²) in [6.07, 6.45) is 7.25. The second kappa shape index (κ2) is 5.35. The standard InChI is InChI=1S/C16H24N4O/c21-16(13-3-1-2-4-13)20-9-7-19(8-10-20)15-11-14(17-18-15)12-5-6-12/h11-13H,1-10H2,(H,17,18). The SMILES string of the molecule is O=C(C1CCCC1)N1CCN(c2cc(C3CC3)[nH]n2)CC1. The van der Waals surface area contributed by atoms with Gasteiger partial charge in [0.25, 0.3) is 0 Å². The number of nitrogens with zero attached hydrogens (tertiary/aromatic N) is 3. The Morgan fingerprint density at radius 1 is 1.10 bits per heavy atom. The first kappa shape index (κ1) is 13.2. The smallest absolute Gasteiger partial charge is 0.225 e. The minimum absolute atomic E-state index is 0.309. The number of carbonyl (C=O) groups is 1. The number of aromatic nitrogens is 2. The van der Waals surface area contributed by atoms with Gasteiger partial charge in [0.2, 0.25) is 5.91 Å². The first-order valence-electron chi connectivity index (χ1n) is 8.40. The van der Waals surface area contributed by atoms with Gasteiger partial charge in [-0.25, -0.2) is 0 Å². The molecule has 0 unspecified atom stereocenters. The molecule has 0 bridgehead atoms. The predicted octanol–water partition coefficient (Wildman–Crippen LogP) is 2.13.